The first-order chi connectivity index (χ1) is 20.6. The van der Waals surface area contributed by atoms with Crippen LogP contribution in [0.15, 0.2) is 72.8 Å². The van der Waals surface area contributed by atoms with Crippen LogP contribution < -0.4 is 15.1 Å². The molecule has 218 valence electrons. The summed E-state index contributed by atoms with van der Waals surface area (Å²) < 4.78 is 28.1. The Kier molecular flexibility index (Phi) is 8.38. The van der Waals surface area contributed by atoms with Gasteiger partial charge in [0.25, 0.3) is 0 Å². The molecule has 4 aromatic rings. The van der Waals surface area contributed by atoms with Crippen LogP contribution in [0.4, 0.5) is 15.8 Å². The van der Waals surface area contributed by atoms with Gasteiger partial charge >= 0.3 is 0 Å². The van der Waals surface area contributed by atoms with Crippen LogP contribution in [-0.2, 0) is 25.6 Å². The van der Waals surface area contributed by atoms with E-state index in [2.05, 4.69) is 20.5 Å². The Morgan fingerprint density at radius 2 is 1.76 bits per heavy atom. The van der Waals surface area contributed by atoms with E-state index in [0.717, 1.165) is 31.6 Å². The summed E-state index contributed by atoms with van der Waals surface area (Å²) in [6.45, 7) is 3.51. The quantitative estimate of drug-likeness (QED) is 0.328. The zero-order valence-electron chi connectivity index (χ0n) is 23.2. The standard InChI is InChI=1S/C31H33FN6O4/c32-25-7-1-3-9-27(25)38(29(39)21-37-28-10-4-2-8-26(28)34-35-37)30(31(40)33-20-24-6-5-17-42-24)22-11-13-23(14-12-22)36-15-18-41-19-16-36/h1-4,7-14,24,30H,5-6,15-21H2,(H,33,40)/t24-,30-/m0/s1. The monoisotopic (exact) mass is 572 g/mol. The largest absolute Gasteiger partial charge is 0.378 e. The number of hydrogen-bond acceptors (Lipinski definition) is 7. The molecule has 2 atom stereocenters. The van der Waals surface area contributed by atoms with Crippen molar-refractivity contribution in [1.29, 1.82) is 0 Å². The summed E-state index contributed by atoms with van der Waals surface area (Å²) in [6, 6.07) is 19.6. The summed E-state index contributed by atoms with van der Waals surface area (Å²) in [6.07, 6.45) is 1.67. The number of halogens is 1. The van der Waals surface area contributed by atoms with Gasteiger partial charge < -0.3 is 19.7 Å². The van der Waals surface area contributed by atoms with E-state index in [0.29, 0.717) is 43.0 Å². The van der Waals surface area contributed by atoms with Gasteiger partial charge in [0.15, 0.2) is 0 Å². The number of nitrogens with one attached hydrogen (secondary N) is 1. The maximum Gasteiger partial charge on any atom is 0.249 e. The summed E-state index contributed by atoms with van der Waals surface area (Å²) in [7, 11) is 0. The topological polar surface area (TPSA) is 102 Å². The van der Waals surface area contributed by atoms with Crippen molar-refractivity contribution in [3.63, 3.8) is 0 Å². The highest BCUT2D eigenvalue weighted by Gasteiger charge is 2.35. The normalized spacial score (nSPS) is 17.7. The summed E-state index contributed by atoms with van der Waals surface area (Å²) in [5, 5.41) is 11.3. The lowest BCUT2D eigenvalue weighted by molar-refractivity contribution is -0.127. The first-order valence-electron chi connectivity index (χ1n) is 14.3. The van der Waals surface area contributed by atoms with Gasteiger partial charge in [0, 0.05) is 31.9 Å². The second-order valence-electron chi connectivity index (χ2n) is 10.4. The molecule has 2 fully saturated rings. The fraction of sp³-hybridized carbons (Fsp3) is 0.355. The van der Waals surface area contributed by atoms with E-state index in [9.17, 15) is 9.59 Å². The van der Waals surface area contributed by atoms with Gasteiger partial charge in [-0.05, 0) is 54.8 Å². The molecular formula is C31H33FN6O4. The molecule has 11 heteroatoms. The first kappa shape index (κ1) is 27.8. The first-order valence-corrected chi connectivity index (χ1v) is 14.3. The Morgan fingerprint density at radius 1 is 1.00 bits per heavy atom. The average molecular weight is 573 g/mol. The molecule has 1 N–H and O–H groups in total. The van der Waals surface area contributed by atoms with Crippen LogP contribution in [-0.4, -0.2) is 72.4 Å². The van der Waals surface area contributed by atoms with Gasteiger partial charge in [-0.25, -0.2) is 9.07 Å². The number of ether oxygens (including phenoxy) is 2. The van der Waals surface area contributed by atoms with Crippen LogP contribution in [0.25, 0.3) is 11.0 Å². The molecule has 3 aromatic carbocycles. The Morgan fingerprint density at radius 3 is 2.52 bits per heavy atom. The van der Waals surface area contributed by atoms with E-state index in [1.54, 1.807) is 18.2 Å². The summed E-state index contributed by atoms with van der Waals surface area (Å²) in [4.78, 5) is 31.6. The van der Waals surface area contributed by atoms with Crippen molar-refractivity contribution in [2.45, 2.75) is 31.5 Å². The lowest BCUT2D eigenvalue weighted by Gasteiger charge is -2.33. The molecule has 1 aromatic heterocycles. The number of morpholine rings is 1. The molecule has 2 amide bonds. The van der Waals surface area contributed by atoms with Crippen LogP contribution in [0.5, 0.6) is 0 Å². The van der Waals surface area contributed by atoms with E-state index in [-0.39, 0.29) is 18.3 Å². The third-order valence-corrected chi connectivity index (χ3v) is 7.71. The van der Waals surface area contributed by atoms with Gasteiger partial charge in [0.2, 0.25) is 11.8 Å². The molecule has 10 nitrogen and oxygen atoms in total. The molecule has 2 aliphatic heterocycles. The number of anilines is 2. The fourth-order valence-corrected chi connectivity index (χ4v) is 5.53. The van der Waals surface area contributed by atoms with Crippen molar-refractivity contribution >= 4 is 34.2 Å². The molecular weight excluding hydrogens is 539 g/mol. The summed E-state index contributed by atoms with van der Waals surface area (Å²) in [5.41, 5.74) is 2.83. The Hall–Kier alpha value is -4.35. The number of nitrogens with zero attached hydrogens (tertiary/aromatic N) is 5. The van der Waals surface area contributed by atoms with Gasteiger partial charge in [-0.1, -0.05) is 41.6 Å². The van der Waals surface area contributed by atoms with Gasteiger partial charge in [-0.15, -0.1) is 5.10 Å². The molecule has 0 saturated carbocycles. The Labute approximate surface area is 243 Å². The second kappa shape index (κ2) is 12.7. The molecule has 0 unspecified atom stereocenters. The van der Waals surface area contributed by atoms with E-state index in [1.807, 2.05) is 42.5 Å². The zero-order chi connectivity index (χ0) is 28.9. The number of amides is 2. The number of rotatable bonds is 9. The van der Waals surface area contributed by atoms with Crippen molar-refractivity contribution in [3.05, 3.63) is 84.2 Å². The smallest absolute Gasteiger partial charge is 0.249 e. The van der Waals surface area contributed by atoms with E-state index in [4.69, 9.17) is 9.47 Å². The minimum Gasteiger partial charge on any atom is -0.378 e. The highest BCUT2D eigenvalue weighted by Crippen LogP contribution is 2.32. The maximum atomic E-state index is 15.4. The number of fused-ring (bicyclic) bond motifs is 1. The van der Waals surface area contributed by atoms with Gasteiger partial charge in [0.1, 0.15) is 23.9 Å². The number of carbonyl (C=O) groups is 2. The number of aromatic nitrogens is 3. The van der Waals surface area contributed by atoms with Gasteiger partial charge in [-0.2, -0.15) is 0 Å². The van der Waals surface area contributed by atoms with Crippen LogP contribution in [0.1, 0.15) is 24.4 Å². The van der Waals surface area contributed by atoms with E-state index in [1.165, 1.54) is 21.7 Å². The molecule has 0 bridgehead atoms. The zero-order valence-corrected chi connectivity index (χ0v) is 23.2. The minimum atomic E-state index is -1.15. The predicted molar refractivity (Wildman–Crippen MR) is 156 cm³/mol. The second-order valence-corrected chi connectivity index (χ2v) is 10.4. The number of carbonyl (C=O) groups excluding carboxylic acids is 2. The van der Waals surface area contributed by atoms with Crippen molar-refractivity contribution in [3.8, 4) is 0 Å². The maximum absolute atomic E-state index is 15.4. The Balaban J connectivity index is 1.37. The number of para-hydroxylation sites is 2. The van der Waals surface area contributed by atoms with Crippen molar-refractivity contribution in [2.24, 2.45) is 0 Å². The molecule has 2 aliphatic rings. The molecule has 0 aliphatic carbocycles. The third-order valence-electron chi connectivity index (χ3n) is 7.71. The van der Waals surface area contributed by atoms with Crippen LogP contribution >= 0.6 is 0 Å². The lowest BCUT2D eigenvalue weighted by atomic mass is 10.0. The molecule has 0 spiro atoms. The highest BCUT2D eigenvalue weighted by molar-refractivity contribution is 6.01. The SMILES string of the molecule is O=C(NC[C@@H]1CCCO1)[C@H](c1ccc(N2CCOCC2)cc1)N(C(=O)Cn1nnc2ccccc21)c1ccccc1F. The van der Waals surface area contributed by atoms with Crippen molar-refractivity contribution in [2.75, 3.05) is 49.3 Å². The van der Waals surface area contributed by atoms with E-state index < -0.39 is 23.7 Å². The molecule has 3 heterocycles. The number of hydrogen-bond donors (Lipinski definition) is 1. The van der Waals surface area contributed by atoms with Crippen LogP contribution in [0, 0.1) is 5.82 Å². The fourth-order valence-electron chi connectivity index (χ4n) is 5.53. The third kappa shape index (κ3) is 5.97. The lowest BCUT2D eigenvalue weighted by Crippen LogP contribution is -2.47. The minimum absolute atomic E-state index is 0.00134. The van der Waals surface area contributed by atoms with Crippen molar-refractivity contribution < 1.29 is 23.5 Å². The molecule has 2 saturated heterocycles. The van der Waals surface area contributed by atoms with Gasteiger partial charge in [0.05, 0.1) is 30.5 Å². The Bertz CT molecular complexity index is 1530. The average Bonchev–Trinajstić information content (AvgIpc) is 3.70. The highest BCUT2D eigenvalue weighted by atomic mass is 19.1. The van der Waals surface area contributed by atoms with E-state index >= 15 is 4.39 Å². The summed E-state index contributed by atoms with van der Waals surface area (Å²) >= 11 is 0. The van der Waals surface area contributed by atoms with Gasteiger partial charge in [-0.3, -0.25) is 14.5 Å². The summed E-state index contributed by atoms with van der Waals surface area (Å²) in [5.74, 6) is -1.55. The number of benzene rings is 3. The predicted octanol–water partition coefficient (Wildman–Crippen LogP) is 3.48. The molecule has 6 rings (SSSR count). The molecule has 0 radical (unpaired) electrons. The van der Waals surface area contributed by atoms with Crippen LogP contribution in [0.2, 0.25) is 0 Å². The van der Waals surface area contributed by atoms with Crippen molar-refractivity contribution in [1.82, 2.24) is 20.3 Å². The van der Waals surface area contributed by atoms with Crippen LogP contribution in [0.3, 0.4) is 0 Å². The molecule has 42 heavy (non-hydrogen) atoms.